The molecule has 1 aromatic carbocycles. The topological polar surface area (TPSA) is 86.9 Å². The number of aromatic amines is 2. The lowest BCUT2D eigenvalue weighted by Crippen LogP contribution is -2.48. The first-order valence-corrected chi connectivity index (χ1v) is 9.40. The van der Waals surface area contributed by atoms with E-state index in [1.807, 2.05) is 24.3 Å². The summed E-state index contributed by atoms with van der Waals surface area (Å²) in [5, 5.41) is 6.87. The van der Waals surface area contributed by atoms with Crippen molar-refractivity contribution in [3.63, 3.8) is 0 Å². The number of halogens is 1. The molecule has 1 aliphatic heterocycles. The summed E-state index contributed by atoms with van der Waals surface area (Å²) in [5.41, 5.74) is 0.894. The molecule has 3 aromatic rings. The fourth-order valence-electron chi connectivity index (χ4n) is 3.49. The van der Waals surface area contributed by atoms with Crippen molar-refractivity contribution < 1.29 is 13.9 Å². The Balaban J connectivity index is 1.60. The van der Waals surface area contributed by atoms with Crippen LogP contribution in [0.15, 0.2) is 30.5 Å². The van der Waals surface area contributed by atoms with E-state index >= 15 is 4.39 Å². The van der Waals surface area contributed by atoms with Gasteiger partial charge in [0.05, 0.1) is 23.3 Å². The number of nitrogens with zero attached hydrogens (tertiary/aromatic N) is 3. The number of nitrogens with one attached hydrogen (secondary N) is 2. The number of benzene rings is 1. The Morgan fingerprint density at radius 2 is 2.14 bits per heavy atom. The first kappa shape index (κ1) is 18.5. The van der Waals surface area contributed by atoms with Gasteiger partial charge in [-0.1, -0.05) is 6.07 Å². The molecule has 3 heterocycles. The predicted octanol–water partition coefficient (Wildman–Crippen LogP) is 4.15. The van der Waals surface area contributed by atoms with Crippen molar-refractivity contribution in [3.05, 3.63) is 36.3 Å². The first-order valence-electron chi connectivity index (χ1n) is 9.40. The van der Waals surface area contributed by atoms with Crippen molar-refractivity contribution >= 4 is 17.1 Å². The summed E-state index contributed by atoms with van der Waals surface area (Å²) in [5.74, 6) is 0.248. The number of piperidine rings is 1. The van der Waals surface area contributed by atoms with Gasteiger partial charge in [-0.05, 0) is 51.8 Å². The lowest BCUT2D eigenvalue weighted by atomic mass is 9.94. The molecular weight excluding hydrogens is 361 g/mol. The van der Waals surface area contributed by atoms with Crippen LogP contribution in [0.4, 0.5) is 9.18 Å². The molecular formula is C20H24FN5O2. The molecule has 1 atom stereocenters. The minimum Gasteiger partial charge on any atom is -0.444 e. The second-order valence-corrected chi connectivity index (χ2v) is 8.26. The standard InChI is InChI=1S/C20H24FN5O2/c1-19(2,3)28-18(27)26-10-4-8-20(21,12-26)17-23-15-6-5-13(11-16(15)24-17)14-7-9-22-25-14/h5-7,9,11H,4,8,10,12H2,1-3H3,(H,22,25)(H,23,24). The van der Waals surface area contributed by atoms with Gasteiger partial charge in [-0.3, -0.25) is 5.10 Å². The van der Waals surface area contributed by atoms with Gasteiger partial charge in [-0.15, -0.1) is 0 Å². The van der Waals surface area contributed by atoms with Crippen LogP contribution < -0.4 is 0 Å². The Morgan fingerprint density at radius 3 is 2.86 bits per heavy atom. The molecule has 7 nitrogen and oxygen atoms in total. The van der Waals surface area contributed by atoms with Crippen LogP contribution in [0.3, 0.4) is 0 Å². The zero-order chi connectivity index (χ0) is 19.9. The van der Waals surface area contributed by atoms with Gasteiger partial charge in [0.25, 0.3) is 0 Å². The zero-order valence-electron chi connectivity index (χ0n) is 16.3. The van der Waals surface area contributed by atoms with Crippen LogP contribution in [0.2, 0.25) is 0 Å². The fourth-order valence-corrected chi connectivity index (χ4v) is 3.49. The number of hydrogen-bond acceptors (Lipinski definition) is 4. The maximum absolute atomic E-state index is 15.8. The minimum atomic E-state index is -1.73. The summed E-state index contributed by atoms with van der Waals surface area (Å²) in [6.07, 6.45) is 2.04. The van der Waals surface area contributed by atoms with Gasteiger partial charge in [-0.2, -0.15) is 5.10 Å². The van der Waals surface area contributed by atoms with Crippen LogP contribution >= 0.6 is 0 Å². The van der Waals surface area contributed by atoms with Crippen molar-refractivity contribution in [2.45, 2.75) is 44.9 Å². The second-order valence-electron chi connectivity index (χ2n) is 8.26. The number of fused-ring (bicyclic) bond motifs is 1. The third-order valence-electron chi connectivity index (χ3n) is 4.81. The highest BCUT2D eigenvalue weighted by Crippen LogP contribution is 2.36. The van der Waals surface area contributed by atoms with Crippen LogP contribution in [0.1, 0.15) is 39.4 Å². The molecule has 1 aliphatic rings. The molecule has 28 heavy (non-hydrogen) atoms. The second kappa shape index (κ2) is 6.61. The van der Waals surface area contributed by atoms with Gasteiger partial charge < -0.3 is 14.6 Å². The molecule has 148 valence electrons. The van der Waals surface area contributed by atoms with E-state index < -0.39 is 17.4 Å². The number of imidazole rings is 1. The third-order valence-corrected chi connectivity index (χ3v) is 4.81. The average molecular weight is 385 g/mol. The number of aromatic nitrogens is 4. The molecule has 1 fully saturated rings. The van der Waals surface area contributed by atoms with Gasteiger partial charge in [0, 0.05) is 18.3 Å². The van der Waals surface area contributed by atoms with Crippen LogP contribution in [0.5, 0.6) is 0 Å². The Bertz CT molecular complexity index is 992. The van der Waals surface area contributed by atoms with Crippen molar-refractivity contribution in [2.24, 2.45) is 0 Å². The predicted molar refractivity (Wildman–Crippen MR) is 104 cm³/mol. The highest BCUT2D eigenvalue weighted by atomic mass is 19.1. The van der Waals surface area contributed by atoms with Crippen LogP contribution in [-0.4, -0.2) is 49.8 Å². The lowest BCUT2D eigenvalue weighted by molar-refractivity contribution is -0.00875. The molecule has 1 saturated heterocycles. The maximum Gasteiger partial charge on any atom is 0.410 e. The number of alkyl halides is 1. The number of likely N-dealkylation sites (tertiary alicyclic amines) is 1. The van der Waals surface area contributed by atoms with Gasteiger partial charge >= 0.3 is 6.09 Å². The number of carbonyl (C=O) groups excluding carboxylic acids is 1. The molecule has 0 spiro atoms. The number of amides is 1. The van der Waals surface area contributed by atoms with Crippen molar-refractivity contribution in [1.29, 1.82) is 0 Å². The normalized spacial score (nSPS) is 20.5. The summed E-state index contributed by atoms with van der Waals surface area (Å²) in [6, 6.07) is 7.55. The SMILES string of the molecule is CC(C)(C)OC(=O)N1CCCC(F)(c2nc3ccc(-c4ccn[nH]4)cc3[nH]2)C1. The van der Waals surface area contributed by atoms with E-state index in [-0.39, 0.29) is 12.4 Å². The van der Waals surface area contributed by atoms with Crippen molar-refractivity contribution in [2.75, 3.05) is 13.1 Å². The largest absolute Gasteiger partial charge is 0.444 e. The number of carbonyl (C=O) groups is 1. The van der Waals surface area contributed by atoms with E-state index in [0.29, 0.717) is 24.9 Å². The number of H-pyrrole nitrogens is 2. The fraction of sp³-hybridized carbons (Fsp3) is 0.450. The number of hydrogen-bond donors (Lipinski definition) is 2. The van der Waals surface area contributed by atoms with Crippen LogP contribution in [-0.2, 0) is 10.4 Å². The summed E-state index contributed by atoms with van der Waals surface area (Å²) in [4.78, 5) is 21.4. The van der Waals surface area contributed by atoms with Crippen molar-refractivity contribution in [3.8, 4) is 11.3 Å². The highest BCUT2D eigenvalue weighted by molar-refractivity contribution is 5.81. The zero-order valence-corrected chi connectivity index (χ0v) is 16.3. The monoisotopic (exact) mass is 385 g/mol. The van der Waals surface area contributed by atoms with Gasteiger partial charge in [0.2, 0.25) is 0 Å². The summed E-state index contributed by atoms with van der Waals surface area (Å²) in [6.45, 7) is 5.80. The van der Waals surface area contributed by atoms with E-state index in [9.17, 15) is 4.79 Å². The maximum atomic E-state index is 15.8. The Labute approximate surface area is 162 Å². The molecule has 0 saturated carbocycles. The smallest absolute Gasteiger partial charge is 0.410 e. The molecule has 2 aromatic heterocycles. The van der Waals surface area contributed by atoms with Crippen LogP contribution in [0.25, 0.3) is 22.3 Å². The number of rotatable bonds is 2. The Kier molecular flexibility index (Phi) is 4.36. The van der Waals surface area contributed by atoms with E-state index in [4.69, 9.17) is 4.74 Å². The average Bonchev–Trinajstić information content (AvgIpc) is 3.29. The molecule has 0 radical (unpaired) electrons. The summed E-state index contributed by atoms with van der Waals surface area (Å²) >= 11 is 0. The summed E-state index contributed by atoms with van der Waals surface area (Å²) in [7, 11) is 0. The summed E-state index contributed by atoms with van der Waals surface area (Å²) < 4.78 is 21.2. The third kappa shape index (κ3) is 3.58. The first-order chi connectivity index (χ1) is 13.2. The lowest BCUT2D eigenvalue weighted by Gasteiger charge is -2.36. The molecule has 1 unspecified atom stereocenters. The molecule has 4 rings (SSSR count). The molecule has 2 N–H and O–H groups in total. The Morgan fingerprint density at radius 1 is 1.32 bits per heavy atom. The van der Waals surface area contributed by atoms with E-state index in [1.165, 1.54) is 4.90 Å². The van der Waals surface area contributed by atoms with Crippen LogP contribution in [0, 0.1) is 0 Å². The molecule has 0 aliphatic carbocycles. The van der Waals surface area contributed by atoms with Gasteiger partial charge in [0.1, 0.15) is 11.4 Å². The molecule has 1 amide bonds. The Hall–Kier alpha value is -2.90. The molecule has 8 heteroatoms. The van der Waals surface area contributed by atoms with E-state index in [2.05, 4.69) is 20.2 Å². The van der Waals surface area contributed by atoms with E-state index in [0.717, 1.165) is 16.8 Å². The van der Waals surface area contributed by atoms with E-state index in [1.54, 1.807) is 27.0 Å². The molecule has 0 bridgehead atoms. The van der Waals surface area contributed by atoms with Gasteiger partial charge in [0.15, 0.2) is 5.67 Å². The van der Waals surface area contributed by atoms with Crippen molar-refractivity contribution in [1.82, 2.24) is 25.1 Å². The highest BCUT2D eigenvalue weighted by Gasteiger charge is 2.42. The quantitative estimate of drug-likeness (QED) is 0.694. The number of ether oxygens (including phenoxy) is 1. The van der Waals surface area contributed by atoms with Gasteiger partial charge in [-0.25, -0.2) is 14.2 Å². The minimum absolute atomic E-state index is 0.0743.